The van der Waals surface area contributed by atoms with E-state index in [1.54, 1.807) is 36.4 Å². The minimum atomic E-state index is -4.63. The van der Waals surface area contributed by atoms with E-state index in [1.807, 2.05) is 0 Å². The number of anilines is 1. The third kappa shape index (κ3) is 4.75. The van der Waals surface area contributed by atoms with Crippen LogP contribution >= 0.6 is 0 Å². The Morgan fingerprint density at radius 3 is 2.39 bits per heavy atom. The van der Waals surface area contributed by atoms with Gasteiger partial charge < -0.3 is 4.98 Å². The second-order valence-corrected chi connectivity index (χ2v) is 10.1. The number of pyridine rings is 1. The first-order chi connectivity index (χ1) is 17.9. The zero-order valence-electron chi connectivity index (χ0n) is 19.4. The van der Waals surface area contributed by atoms with E-state index in [2.05, 4.69) is 19.8 Å². The van der Waals surface area contributed by atoms with Crippen molar-refractivity contribution in [2.45, 2.75) is 11.1 Å². The summed E-state index contributed by atoms with van der Waals surface area (Å²) in [6.45, 7) is 0. The average Bonchev–Trinajstić information content (AvgIpc) is 3.50. The number of hydrogen-bond donors (Lipinski definition) is 2. The second-order valence-electron chi connectivity index (χ2n) is 8.38. The monoisotopic (exact) mass is 543 g/mol. The predicted molar refractivity (Wildman–Crippen MR) is 130 cm³/mol. The molecule has 5 rings (SSSR count). The highest BCUT2D eigenvalue weighted by Crippen LogP contribution is 2.31. The highest BCUT2D eigenvalue weighted by atomic mass is 32.2. The summed E-state index contributed by atoms with van der Waals surface area (Å²) in [4.78, 5) is 20.1. The van der Waals surface area contributed by atoms with Gasteiger partial charge >= 0.3 is 6.18 Å². The van der Waals surface area contributed by atoms with Crippen molar-refractivity contribution in [2.75, 3.05) is 4.72 Å². The number of alkyl halides is 3. The Morgan fingerprint density at radius 1 is 1.00 bits per heavy atom. The summed E-state index contributed by atoms with van der Waals surface area (Å²) in [5.41, 5.74) is 0.366. The number of benzene rings is 2. The Kier molecular flexibility index (Phi) is 6.02. The van der Waals surface area contributed by atoms with E-state index in [0.717, 1.165) is 35.9 Å². The van der Waals surface area contributed by atoms with Crippen LogP contribution in [0.15, 0.2) is 78.2 Å². The molecule has 2 aromatic carbocycles. The van der Waals surface area contributed by atoms with Crippen molar-refractivity contribution < 1.29 is 30.8 Å². The lowest BCUT2D eigenvalue weighted by Crippen LogP contribution is -2.14. The summed E-state index contributed by atoms with van der Waals surface area (Å²) >= 11 is 0. The van der Waals surface area contributed by atoms with Gasteiger partial charge in [0.05, 0.1) is 22.2 Å². The Balaban J connectivity index is 1.46. The van der Waals surface area contributed by atoms with E-state index < -0.39 is 43.8 Å². The number of nitrogens with one attached hydrogen (secondary N) is 2. The van der Waals surface area contributed by atoms with Crippen LogP contribution in [0.3, 0.4) is 0 Å². The third-order valence-corrected chi connectivity index (χ3v) is 7.17. The summed E-state index contributed by atoms with van der Waals surface area (Å²) in [6.07, 6.45) is 1.75. The van der Waals surface area contributed by atoms with Crippen LogP contribution in [0.5, 0.6) is 0 Å². The fourth-order valence-corrected chi connectivity index (χ4v) is 4.91. The highest BCUT2D eigenvalue weighted by molar-refractivity contribution is 7.92. The molecule has 0 unspecified atom stereocenters. The number of carbonyl (C=O) groups excluding carboxylic acids is 1. The molecule has 0 fully saturated rings. The second kappa shape index (κ2) is 9.10. The molecule has 0 aliphatic rings. The first-order valence-corrected chi connectivity index (χ1v) is 12.4. The molecule has 3 aromatic heterocycles. The van der Waals surface area contributed by atoms with Crippen molar-refractivity contribution in [3.63, 3.8) is 0 Å². The first kappa shape index (κ1) is 25.1. The van der Waals surface area contributed by atoms with Crippen LogP contribution in [0.2, 0.25) is 0 Å². The van der Waals surface area contributed by atoms with Crippen LogP contribution in [0.25, 0.3) is 22.2 Å². The van der Waals surface area contributed by atoms with E-state index in [9.17, 15) is 30.8 Å². The minimum Gasteiger partial charge on any atom is -0.345 e. The van der Waals surface area contributed by atoms with Crippen LogP contribution in [0.4, 0.5) is 23.2 Å². The lowest BCUT2D eigenvalue weighted by molar-refractivity contribution is -0.137. The number of aromatic nitrogens is 4. The van der Waals surface area contributed by atoms with Crippen LogP contribution in [0, 0.1) is 5.82 Å². The molecule has 0 bridgehead atoms. The molecule has 0 saturated heterocycles. The molecule has 8 nitrogen and oxygen atoms in total. The summed E-state index contributed by atoms with van der Waals surface area (Å²) in [5, 5.41) is 4.53. The lowest BCUT2D eigenvalue weighted by atomic mass is 10.0. The molecule has 194 valence electrons. The number of ketones is 1. The van der Waals surface area contributed by atoms with Gasteiger partial charge in [0.25, 0.3) is 10.0 Å². The SMILES string of the molecule is Cn1cc(-c2cnc3[nH]cc(C(=O)c4cc(NS(=O)(=O)c5ccc(C(F)(F)F)cc5)ccc4F)c3c2)cn1. The van der Waals surface area contributed by atoms with Crippen LogP contribution in [-0.2, 0) is 23.2 Å². The van der Waals surface area contributed by atoms with E-state index in [0.29, 0.717) is 28.7 Å². The Labute approximate surface area is 213 Å². The molecule has 0 radical (unpaired) electrons. The maximum absolute atomic E-state index is 14.7. The van der Waals surface area contributed by atoms with E-state index >= 15 is 0 Å². The van der Waals surface area contributed by atoms with Crippen molar-refractivity contribution in [1.29, 1.82) is 0 Å². The number of H-pyrrole nitrogens is 1. The number of sulfonamides is 1. The fraction of sp³-hybridized carbons (Fsp3) is 0.0800. The Morgan fingerprint density at radius 2 is 1.74 bits per heavy atom. The van der Waals surface area contributed by atoms with Crippen LogP contribution in [-0.4, -0.2) is 33.9 Å². The quantitative estimate of drug-likeness (QED) is 0.227. The molecule has 38 heavy (non-hydrogen) atoms. The van der Waals surface area contributed by atoms with Crippen LogP contribution < -0.4 is 4.72 Å². The number of fused-ring (bicyclic) bond motifs is 1. The van der Waals surface area contributed by atoms with E-state index in [4.69, 9.17) is 0 Å². The number of aryl methyl sites for hydroxylation is 1. The van der Waals surface area contributed by atoms with Gasteiger partial charge in [0.2, 0.25) is 0 Å². The highest BCUT2D eigenvalue weighted by Gasteiger charge is 2.30. The third-order valence-electron chi connectivity index (χ3n) is 5.77. The lowest BCUT2D eigenvalue weighted by Gasteiger charge is -2.11. The number of nitrogens with zero attached hydrogens (tertiary/aromatic N) is 3. The topological polar surface area (TPSA) is 110 Å². The van der Waals surface area contributed by atoms with Crippen molar-refractivity contribution in [3.8, 4) is 11.1 Å². The van der Waals surface area contributed by atoms with Crippen LogP contribution in [0.1, 0.15) is 21.5 Å². The maximum atomic E-state index is 14.7. The average molecular weight is 544 g/mol. The van der Waals surface area contributed by atoms with Gasteiger partial charge in [0.15, 0.2) is 5.78 Å². The smallest absolute Gasteiger partial charge is 0.345 e. The molecule has 0 atom stereocenters. The van der Waals surface area contributed by atoms with Crippen molar-refractivity contribution in [1.82, 2.24) is 19.7 Å². The zero-order valence-corrected chi connectivity index (χ0v) is 20.2. The molecular formula is C25H17F4N5O3S. The largest absolute Gasteiger partial charge is 0.416 e. The van der Waals surface area contributed by atoms with E-state index in [1.165, 1.54) is 6.20 Å². The summed E-state index contributed by atoms with van der Waals surface area (Å²) in [5.74, 6) is -1.62. The van der Waals surface area contributed by atoms with Gasteiger partial charge in [-0.15, -0.1) is 0 Å². The molecule has 0 aliphatic carbocycles. The number of aromatic amines is 1. The molecule has 5 aromatic rings. The van der Waals surface area contributed by atoms with Gasteiger partial charge in [-0.1, -0.05) is 0 Å². The standard InChI is InChI=1S/C25H17F4N5O3S/c1-34-13-15(11-32-34)14-8-19-21(12-31-24(19)30-10-14)23(35)20-9-17(4-7-22(20)26)33-38(36,37)18-5-2-16(3-6-18)25(27,28)29/h2-13,33H,1H3,(H,30,31). The summed E-state index contributed by atoms with van der Waals surface area (Å²) in [6, 6.07) is 7.64. The van der Waals surface area contributed by atoms with Gasteiger partial charge in [-0.3, -0.25) is 14.2 Å². The minimum absolute atomic E-state index is 0.111. The summed E-state index contributed by atoms with van der Waals surface area (Å²) < 4.78 is 82.3. The van der Waals surface area contributed by atoms with Gasteiger partial charge in [0, 0.05) is 53.4 Å². The molecule has 3 heterocycles. The Bertz CT molecular complexity index is 1790. The number of rotatable bonds is 6. The van der Waals surface area contributed by atoms with Crippen molar-refractivity contribution in [2.24, 2.45) is 7.05 Å². The molecular weight excluding hydrogens is 526 g/mol. The van der Waals surface area contributed by atoms with Gasteiger partial charge in [-0.2, -0.15) is 18.3 Å². The molecule has 0 amide bonds. The molecule has 0 spiro atoms. The first-order valence-electron chi connectivity index (χ1n) is 10.9. The normalized spacial score (nSPS) is 12.1. The molecule has 0 aliphatic heterocycles. The molecule has 2 N–H and O–H groups in total. The fourth-order valence-electron chi connectivity index (χ4n) is 3.86. The number of hydrogen-bond acceptors (Lipinski definition) is 5. The van der Waals surface area contributed by atoms with Crippen molar-refractivity contribution >= 4 is 32.5 Å². The number of carbonyl (C=O) groups is 1. The maximum Gasteiger partial charge on any atom is 0.416 e. The Hall–Kier alpha value is -4.52. The zero-order chi connectivity index (χ0) is 27.2. The van der Waals surface area contributed by atoms with Gasteiger partial charge in [0.1, 0.15) is 11.5 Å². The summed E-state index contributed by atoms with van der Waals surface area (Å²) in [7, 11) is -2.58. The molecule has 13 heteroatoms. The van der Waals surface area contributed by atoms with Gasteiger partial charge in [-0.05, 0) is 48.5 Å². The van der Waals surface area contributed by atoms with Gasteiger partial charge in [-0.25, -0.2) is 17.8 Å². The van der Waals surface area contributed by atoms with E-state index in [-0.39, 0.29) is 11.3 Å². The van der Waals surface area contributed by atoms with Crippen molar-refractivity contribution in [3.05, 3.63) is 95.8 Å². The predicted octanol–water partition coefficient (Wildman–Crippen LogP) is 5.15. The number of halogens is 4. The molecule has 0 saturated carbocycles.